The van der Waals surface area contributed by atoms with E-state index >= 15 is 0 Å². The summed E-state index contributed by atoms with van der Waals surface area (Å²) in [6.07, 6.45) is 6.79. The third-order valence-corrected chi connectivity index (χ3v) is 4.78. The van der Waals surface area contributed by atoms with E-state index < -0.39 is 0 Å². The number of benzene rings is 1. The minimum atomic E-state index is 0.0639. The fourth-order valence-electron chi connectivity index (χ4n) is 3.54. The van der Waals surface area contributed by atoms with Gasteiger partial charge < -0.3 is 18.9 Å². The SMILES string of the molecule is CCc1nccn1CC1CCCN1C(=O)c1ccc2c(c1)OCO2. The van der Waals surface area contributed by atoms with Crippen LogP contribution in [0.15, 0.2) is 30.6 Å². The summed E-state index contributed by atoms with van der Waals surface area (Å²) in [6.45, 7) is 3.93. The van der Waals surface area contributed by atoms with E-state index in [1.807, 2.05) is 29.4 Å². The number of fused-ring (bicyclic) bond motifs is 1. The Kier molecular flexibility index (Phi) is 3.88. The van der Waals surface area contributed by atoms with Crippen LogP contribution >= 0.6 is 0 Å². The molecule has 0 aliphatic carbocycles. The molecule has 0 bridgehead atoms. The second kappa shape index (κ2) is 6.19. The topological polar surface area (TPSA) is 56.6 Å². The monoisotopic (exact) mass is 327 g/mol. The molecule has 1 aromatic carbocycles. The zero-order valence-electron chi connectivity index (χ0n) is 13.8. The molecule has 1 atom stereocenters. The Hall–Kier alpha value is -2.50. The van der Waals surface area contributed by atoms with Crippen LogP contribution in [0.4, 0.5) is 0 Å². The van der Waals surface area contributed by atoms with Crippen LogP contribution in [0.1, 0.15) is 35.9 Å². The van der Waals surface area contributed by atoms with Crippen molar-refractivity contribution in [3.05, 3.63) is 42.0 Å². The van der Waals surface area contributed by atoms with Crippen molar-refractivity contribution in [3.8, 4) is 11.5 Å². The summed E-state index contributed by atoms with van der Waals surface area (Å²) < 4.78 is 12.9. The van der Waals surface area contributed by atoms with Crippen molar-refractivity contribution in [3.63, 3.8) is 0 Å². The number of hydrogen-bond acceptors (Lipinski definition) is 4. The average Bonchev–Trinajstić information content (AvgIpc) is 3.34. The molecule has 2 aromatic rings. The standard InChI is InChI=1S/C18H21N3O3/c1-2-17-19-7-9-20(17)11-14-4-3-8-21(14)18(22)13-5-6-15-16(10-13)24-12-23-15/h5-7,9-10,14H,2-4,8,11-12H2,1H3. The van der Waals surface area contributed by atoms with Gasteiger partial charge in [-0.15, -0.1) is 0 Å². The molecule has 2 aliphatic rings. The van der Waals surface area contributed by atoms with Gasteiger partial charge in [0.2, 0.25) is 6.79 Å². The summed E-state index contributed by atoms with van der Waals surface area (Å²) in [5.41, 5.74) is 0.660. The normalized spacial score (nSPS) is 19.0. The molecule has 0 N–H and O–H groups in total. The van der Waals surface area contributed by atoms with E-state index in [2.05, 4.69) is 16.5 Å². The van der Waals surface area contributed by atoms with Gasteiger partial charge in [0.05, 0.1) is 6.04 Å². The number of amides is 1. The van der Waals surface area contributed by atoms with Gasteiger partial charge >= 0.3 is 0 Å². The van der Waals surface area contributed by atoms with Crippen LogP contribution in [0.3, 0.4) is 0 Å². The molecular formula is C18H21N3O3. The van der Waals surface area contributed by atoms with Crippen molar-refractivity contribution in [1.29, 1.82) is 0 Å². The maximum absolute atomic E-state index is 12.9. The van der Waals surface area contributed by atoms with E-state index in [4.69, 9.17) is 9.47 Å². The van der Waals surface area contributed by atoms with E-state index in [1.54, 1.807) is 6.07 Å². The Morgan fingerprint density at radius 1 is 1.33 bits per heavy atom. The summed E-state index contributed by atoms with van der Waals surface area (Å²) in [5.74, 6) is 2.49. The maximum Gasteiger partial charge on any atom is 0.254 e. The number of carbonyl (C=O) groups excluding carboxylic acids is 1. The van der Waals surface area contributed by atoms with Gasteiger partial charge in [0.15, 0.2) is 11.5 Å². The molecule has 1 aromatic heterocycles. The van der Waals surface area contributed by atoms with Crippen LogP contribution in [-0.2, 0) is 13.0 Å². The van der Waals surface area contributed by atoms with E-state index in [1.165, 1.54) is 0 Å². The Labute approximate surface area is 141 Å². The van der Waals surface area contributed by atoms with Gasteiger partial charge in [-0.3, -0.25) is 4.79 Å². The molecule has 126 valence electrons. The minimum Gasteiger partial charge on any atom is -0.454 e. The highest BCUT2D eigenvalue weighted by atomic mass is 16.7. The first kappa shape index (κ1) is 15.1. The Morgan fingerprint density at radius 3 is 3.08 bits per heavy atom. The number of hydrogen-bond donors (Lipinski definition) is 0. The average molecular weight is 327 g/mol. The van der Waals surface area contributed by atoms with Gasteiger partial charge in [0, 0.05) is 37.5 Å². The number of ether oxygens (including phenoxy) is 2. The fraction of sp³-hybridized carbons (Fsp3) is 0.444. The molecule has 0 saturated carbocycles. The molecule has 1 fully saturated rings. The molecule has 0 radical (unpaired) electrons. The lowest BCUT2D eigenvalue weighted by Gasteiger charge is -2.26. The van der Waals surface area contributed by atoms with E-state index in [-0.39, 0.29) is 18.7 Å². The Bertz CT molecular complexity index is 756. The lowest BCUT2D eigenvalue weighted by molar-refractivity contribution is 0.0723. The zero-order chi connectivity index (χ0) is 16.5. The maximum atomic E-state index is 12.9. The number of aryl methyl sites for hydroxylation is 1. The Morgan fingerprint density at radius 2 is 2.21 bits per heavy atom. The summed E-state index contributed by atoms with van der Waals surface area (Å²) in [6, 6.07) is 5.63. The van der Waals surface area contributed by atoms with Gasteiger partial charge in [-0.2, -0.15) is 0 Å². The van der Waals surface area contributed by atoms with Crippen molar-refractivity contribution in [2.24, 2.45) is 0 Å². The molecule has 6 nitrogen and oxygen atoms in total. The third kappa shape index (κ3) is 2.62. The van der Waals surface area contributed by atoms with Crippen LogP contribution in [0.25, 0.3) is 0 Å². The summed E-state index contributed by atoms with van der Waals surface area (Å²) >= 11 is 0. The number of rotatable bonds is 4. The van der Waals surface area contributed by atoms with Crippen molar-refractivity contribution < 1.29 is 14.3 Å². The summed E-state index contributed by atoms with van der Waals surface area (Å²) in [7, 11) is 0. The van der Waals surface area contributed by atoms with Crippen molar-refractivity contribution in [2.75, 3.05) is 13.3 Å². The van der Waals surface area contributed by atoms with Crippen LogP contribution < -0.4 is 9.47 Å². The fourth-order valence-corrected chi connectivity index (χ4v) is 3.54. The third-order valence-electron chi connectivity index (χ3n) is 4.78. The van der Waals surface area contributed by atoms with E-state index in [9.17, 15) is 4.79 Å². The first-order chi connectivity index (χ1) is 11.8. The molecule has 1 saturated heterocycles. The van der Waals surface area contributed by atoms with Gasteiger partial charge in [-0.25, -0.2) is 4.98 Å². The predicted molar refractivity (Wildman–Crippen MR) is 88.2 cm³/mol. The van der Waals surface area contributed by atoms with Crippen LogP contribution in [-0.4, -0.2) is 39.7 Å². The highest BCUT2D eigenvalue weighted by Gasteiger charge is 2.30. The van der Waals surface area contributed by atoms with Gasteiger partial charge in [-0.1, -0.05) is 6.92 Å². The van der Waals surface area contributed by atoms with E-state index in [0.717, 1.165) is 38.2 Å². The largest absolute Gasteiger partial charge is 0.454 e. The second-order valence-corrected chi connectivity index (χ2v) is 6.21. The van der Waals surface area contributed by atoms with Crippen molar-refractivity contribution in [2.45, 2.75) is 38.8 Å². The lowest BCUT2D eigenvalue weighted by Crippen LogP contribution is -2.38. The molecule has 2 aliphatic heterocycles. The van der Waals surface area contributed by atoms with Gasteiger partial charge in [-0.05, 0) is 31.0 Å². The van der Waals surface area contributed by atoms with Crippen LogP contribution in [0, 0.1) is 0 Å². The van der Waals surface area contributed by atoms with Crippen molar-refractivity contribution >= 4 is 5.91 Å². The summed E-state index contributed by atoms with van der Waals surface area (Å²) in [4.78, 5) is 19.3. The lowest BCUT2D eigenvalue weighted by atomic mass is 10.1. The molecule has 1 amide bonds. The number of likely N-dealkylation sites (tertiary alicyclic amines) is 1. The smallest absolute Gasteiger partial charge is 0.254 e. The van der Waals surface area contributed by atoms with E-state index in [0.29, 0.717) is 17.1 Å². The van der Waals surface area contributed by atoms with Gasteiger partial charge in [0.25, 0.3) is 5.91 Å². The molecule has 3 heterocycles. The number of imidazole rings is 1. The van der Waals surface area contributed by atoms with Crippen LogP contribution in [0.5, 0.6) is 11.5 Å². The highest BCUT2D eigenvalue weighted by Crippen LogP contribution is 2.33. The molecule has 6 heteroatoms. The quantitative estimate of drug-likeness (QED) is 0.866. The molecule has 24 heavy (non-hydrogen) atoms. The molecule has 1 unspecified atom stereocenters. The number of nitrogens with zero attached hydrogens (tertiary/aromatic N) is 3. The molecule has 4 rings (SSSR count). The Balaban J connectivity index is 1.53. The summed E-state index contributed by atoms with van der Waals surface area (Å²) in [5, 5.41) is 0. The zero-order valence-corrected chi connectivity index (χ0v) is 13.8. The molecular weight excluding hydrogens is 306 g/mol. The molecule has 0 spiro atoms. The first-order valence-corrected chi connectivity index (χ1v) is 8.47. The van der Waals surface area contributed by atoms with Crippen molar-refractivity contribution in [1.82, 2.24) is 14.5 Å². The highest BCUT2D eigenvalue weighted by molar-refractivity contribution is 5.95. The predicted octanol–water partition coefficient (Wildman–Crippen LogP) is 2.48. The first-order valence-electron chi connectivity index (χ1n) is 8.47. The van der Waals surface area contributed by atoms with Gasteiger partial charge in [0.1, 0.15) is 5.82 Å². The number of aromatic nitrogens is 2. The van der Waals surface area contributed by atoms with Crippen LogP contribution in [0.2, 0.25) is 0 Å². The second-order valence-electron chi connectivity index (χ2n) is 6.21. The number of carbonyl (C=O) groups is 1. The minimum absolute atomic E-state index is 0.0639.